The second-order valence-electron chi connectivity index (χ2n) is 4.02. The van der Waals surface area contributed by atoms with Gasteiger partial charge in [0.15, 0.2) is 0 Å². The third-order valence-corrected chi connectivity index (χ3v) is 2.82. The zero-order valence-electron chi connectivity index (χ0n) is 9.54. The summed E-state index contributed by atoms with van der Waals surface area (Å²) in [7, 11) is 0. The number of carbonyl (C=O) groups is 1. The number of carbonyl (C=O) groups excluding carboxylic acids is 1. The summed E-state index contributed by atoms with van der Waals surface area (Å²) in [6.07, 6.45) is 0.597. The van der Waals surface area contributed by atoms with Crippen LogP contribution in [-0.4, -0.2) is 47.4 Å². The van der Waals surface area contributed by atoms with Gasteiger partial charge in [0, 0.05) is 38.0 Å². The summed E-state index contributed by atoms with van der Waals surface area (Å²) >= 11 is 0. The molecule has 92 valence electrons. The number of aliphatic hydroxyl groups is 1. The topological polar surface area (TPSA) is 64.0 Å². The van der Waals surface area contributed by atoms with Gasteiger partial charge in [0.2, 0.25) is 0 Å². The highest BCUT2D eigenvalue weighted by molar-refractivity contribution is 5.94. The molecular formula is C12H16N2O3. The van der Waals surface area contributed by atoms with Gasteiger partial charge in [-0.25, -0.2) is 4.79 Å². The molecule has 0 radical (unpaired) electrons. The number of phenolic OH excluding ortho intramolecular Hbond substituents is 1. The summed E-state index contributed by atoms with van der Waals surface area (Å²) in [5.41, 5.74) is 0.710. The monoisotopic (exact) mass is 236 g/mol. The van der Waals surface area contributed by atoms with E-state index < -0.39 is 0 Å². The highest BCUT2D eigenvalue weighted by Gasteiger charge is 2.28. The van der Waals surface area contributed by atoms with Crippen LogP contribution in [0.15, 0.2) is 24.3 Å². The molecule has 1 aliphatic heterocycles. The average Bonchev–Trinajstić information content (AvgIpc) is 2.68. The maximum absolute atomic E-state index is 12.0. The van der Waals surface area contributed by atoms with Crippen molar-refractivity contribution in [3.05, 3.63) is 24.3 Å². The van der Waals surface area contributed by atoms with Gasteiger partial charge in [-0.2, -0.15) is 0 Å². The van der Waals surface area contributed by atoms with Crippen LogP contribution in [0.4, 0.5) is 10.5 Å². The van der Waals surface area contributed by atoms with E-state index in [9.17, 15) is 9.90 Å². The van der Waals surface area contributed by atoms with Gasteiger partial charge in [-0.15, -0.1) is 0 Å². The Morgan fingerprint density at radius 3 is 2.82 bits per heavy atom. The van der Waals surface area contributed by atoms with Crippen LogP contribution < -0.4 is 4.90 Å². The maximum Gasteiger partial charge on any atom is 0.324 e. The molecule has 2 rings (SSSR count). The molecule has 1 aromatic rings. The first-order chi connectivity index (χ1) is 8.22. The van der Waals surface area contributed by atoms with Gasteiger partial charge in [-0.05, 0) is 18.6 Å². The Kier molecular flexibility index (Phi) is 3.49. The third-order valence-electron chi connectivity index (χ3n) is 2.82. The van der Waals surface area contributed by atoms with Gasteiger partial charge in [-0.3, -0.25) is 4.90 Å². The zero-order valence-corrected chi connectivity index (χ0v) is 9.54. The lowest BCUT2D eigenvalue weighted by atomic mass is 10.3. The molecule has 5 nitrogen and oxygen atoms in total. The number of rotatable bonds is 4. The third kappa shape index (κ3) is 2.50. The number of aromatic hydroxyl groups is 1. The molecule has 1 saturated heterocycles. The van der Waals surface area contributed by atoms with Gasteiger partial charge >= 0.3 is 6.03 Å². The molecule has 17 heavy (non-hydrogen) atoms. The Labute approximate surface area is 99.9 Å². The van der Waals surface area contributed by atoms with E-state index >= 15 is 0 Å². The molecule has 1 aromatic carbocycles. The van der Waals surface area contributed by atoms with Crippen molar-refractivity contribution in [2.45, 2.75) is 6.42 Å². The number of amides is 2. The quantitative estimate of drug-likeness (QED) is 0.820. The lowest BCUT2D eigenvalue weighted by molar-refractivity contribution is 0.211. The summed E-state index contributed by atoms with van der Waals surface area (Å²) < 4.78 is 0. The van der Waals surface area contributed by atoms with E-state index in [0.717, 1.165) is 0 Å². The lowest BCUT2D eigenvalue weighted by Crippen LogP contribution is -2.32. The van der Waals surface area contributed by atoms with Crippen molar-refractivity contribution in [2.24, 2.45) is 0 Å². The Morgan fingerprint density at radius 2 is 2.12 bits per heavy atom. The number of nitrogens with zero attached hydrogens (tertiary/aromatic N) is 2. The first-order valence-electron chi connectivity index (χ1n) is 5.68. The Hall–Kier alpha value is -1.75. The molecule has 0 bridgehead atoms. The molecule has 0 saturated carbocycles. The van der Waals surface area contributed by atoms with Gasteiger partial charge in [0.1, 0.15) is 5.75 Å². The summed E-state index contributed by atoms with van der Waals surface area (Å²) in [4.78, 5) is 15.4. The predicted octanol–water partition coefficient (Wildman–Crippen LogP) is 1.02. The second kappa shape index (κ2) is 5.05. The molecule has 0 unspecified atom stereocenters. The fourth-order valence-corrected chi connectivity index (χ4v) is 1.95. The average molecular weight is 236 g/mol. The number of anilines is 1. The number of hydrogen-bond acceptors (Lipinski definition) is 3. The molecule has 0 aromatic heterocycles. The standard InChI is InChI=1S/C12H16N2O3/c15-8-2-5-13-6-7-14(12(13)17)10-3-1-4-11(16)9-10/h1,3-4,9,15-16H,2,5-8H2. The fraction of sp³-hybridized carbons (Fsp3) is 0.417. The van der Waals surface area contributed by atoms with Crippen molar-refractivity contribution in [1.29, 1.82) is 0 Å². The van der Waals surface area contributed by atoms with Gasteiger partial charge in [-0.1, -0.05) is 6.07 Å². The van der Waals surface area contributed by atoms with Crippen LogP contribution in [0.3, 0.4) is 0 Å². The molecule has 1 aliphatic rings. The van der Waals surface area contributed by atoms with Crippen molar-refractivity contribution in [2.75, 3.05) is 31.1 Å². The number of urea groups is 1. The van der Waals surface area contributed by atoms with Crippen LogP contribution in [0, 0.1) is 0 Å². The van der Waals surface area contributed by atoms with Crippen molar-refractivity contribution in [3.8, 4) is 5.75 Å². The first kappa shape index (κ1) is 11.7. The summed E-state index contributed by atoms with van der Waals surface area (Å²) in [6, 6.07) is 6.60. The van der Waals surface area contributed by atoms with Crippen LogP contribution in [-0.2, 0) is 0 Å². The molecule has 0 aliphatic carbocycles. The summed E-state index contributed by atoms with van der Waals surface area (Å²) in [5.74, 6) is 0.157. The number of benzene rings is 1. The minimum Gasteiger partial charge on any atom is -0.508 e. The van der Waals surface area contributed by atoms with Crippen LogP contribution in [0.2, 0.25) is 0 Å². The molecular weight excluding hydrogens is 220 g/mol. The van der Waals surface area contributed by atoms with Crippen LogP contribution in [0.1, 0.15) is 6.42 Å². The van der Waals surface area contributed by atoms with E-state index in [0.29, 0.717) is 31.7 Å². The van der Waals surface area contributed by atoms with Crippen molar-refractivity contribution in [3.63, 3.8) is 0 Å². The van der Waals surface area contributed by atoms with E-state index in [1.807, 2.05) is 0 Å². The Morgan fingerprint density at radius 1 is 1.29 bits per heavy atom. The van der Waals surface area contributed by atoms with Gasteiger partial charge < -0.3 is 15.1 Å². The van der Waals surface area contributed by atoms with Crippen LogP contribution in [0.25, 0.3) is 0 Å². The smallest absolute Gasteiger partial charge is 0.324 e. The van der Waals surface area contributed by atoms with Crippen molar-refractivity contribution < 1.29 is 15.0 Å². The first-order valence-corrected chi connectivity index (χ1v) is 5.68. The molecule has 0 atom stereocenters. The van der Waals surface area contributed by atoms with Crippen LogP contribution in [0.5, 0.6) is 5.75 Å². The van der Waals surface area contributed by atoms with Crippen molar-refractivity contribution in [1.82, 2.24) is 4.90 Å². The summed E-state index contributed by atoms with van der Waals surface area (Å²) in [5, 5.41) is 18.1. The Balaban J connectivity index is 2.07. The van der Waals surface area contributed by atoms with E-state index in [1.165, 1.54) is 0 Å². The minimum atomic E-state index is -0.0657. The van der Waals surface area contributed by atoms with E-state index in [1.54, 1.807) is 34.1 Å². The second-order valence-corrected chi connectivity index (χ2v) is 4.02. The largest absolute Gasteiger partial charge is 0.508 e. The molecule has 1 heterocycles. The van der Waals surface area contributed by atoms with E-state index in [4.69, 9.17) is 5.11 Å². The highest BCUT2D eigenvalue weighted by Crippen LogP contribution is 2.23. The molecule has 1 fully saturated rings. The number of phenols is 1. The normalized spacial score (nSPS) is 15.7. The van der Waals surface area contributed by atoms with Gasteiger partial charge in [0.25, 0.3) is 0 Å². The number of hydrogen-bond donors (Lipinski definition) is 2. The van der Waals surface area contributed by atoms with Crippen LogP contribution >= 0.6 is 0 Å². The van der Waals surface area contributed by atoms with E-state index in [-0.39, 0.29) is 18.4 Å². The SMILES string of the molecule is O=C1N(CCCO)CCN1c1cccc(O)c1. The van der Waals surface area contributed by atoms with Crippen molar-refractivity contribution >= 4 is 11.7 Å². The van der Waals surface area contributed by atoms with Gasteiger partial charge in [0.05, 0.1) is 0 Å². The molecule has 2 amide bonds. The predicted molar refractivity (Wildman–Crippen MR) is 64.1 cm³/mol. The zero-order chi connectivity index (χ0) is 12.3. The number of aliphatic hydroxyl groups excluding tert-OH is 1. The Bertz CT molecular complexity index is 408. The fourth-order valence-electron chi connectivity index (χ4n) is 1.95. The van der Waals surface area contributed by atoms with E-state index in [2.05, 4.69) is 0 Å². The lowest BCUT2D eigenvalue weighted by Gasteiger charge is -2.18. The maximum atomic E-state index is 12.0. The summed E-state index contributed by atoms with van der Waals surface area (Å²) in [6.45, 7) is 1.95. The highest BCUT2D eigenvalue weighted by atomic mass is 16.3. The molecule has 0 spiro atoms. The molecule has 2 N–H and O–H groups in total. The minimum absolute atomic E-state index is 0.0657. The molecule has 5 heteroatoms.